The second-order valence-corrected chi connectivity index (χ2v) is 5.79. The second-order valence-electron chi connectivity index (χ2n) is 5.47. The van der Waals surface area contributed by atoms with E-state index in [-0.39, 0.29) is 0 Å². The fraction of sp³-hybridized carbons (Fsp3) is 0.625. The van der Waals surface area contributed by atoms with Gasteiger partial charge in [0.2, 0.25) is 0 Å². The van der Waals surface area contributed by atoms with Crippen LogP contribution in [0.1, 0.15) is 39.0 Å². The summed E-state index contributed by atoms with van der Waals surface area (Å²) in [5, 5.41) is 0. The van der Waals surface area contributed by atoms with Crippen molar-refractivity contribution in [1.29, 1.82) is 0 Å². The third kappa shape index (κ3) is 4.07. The zero-order valence-corrected chi connectivity index (χ0v) is 12.6. The van der Waals surface area contributed by atoms with Crippen LogP contribution in [0.15, 0.2) is 24.3 Å². The number of ether oxygens (including phenoxy) is 2. The molecule has 0 heterocycles. The molecule has 1 aromatic rings. The van der Waals surface area contributed by atoms with Crippen LogP contribution in [-0.4, -0.2) is 19.0 Å². The molecule has 3 heteroatoms. The van der Waals surface area contributed by atoms with E-state index in [0.717, 1.165) is 36.9 Å². The average molecular weight is 280 g/mol. The Kier molecular flexibility index (Phi) is 5.44. The monoisotopic (exact) mass is 280 g/mol. The van der Waals surface area contributed by atoms with E-state index in [9.17, 15) is 0 Å². The van der Waals surface area contributed by atoms with Gasteiger partial charge in [0.05, 0.1) is 13.2 Å². The number of hydrogen-bond donors (Lipinski definition) is 1. The molecule has 19 heavy (non-hydrogen) atoms. The lowest BCUT2D eigenvalue weighted by atomic mass is 9.90. The van der Waals surface area contributed by atoms with Crippen molar-refractivity contribution in [2.24, 2.45) is 5.41 Å². The Balaban J connectivity index is 1.85. The molecule has 1 aliphatic rings. The zero-order valence-electron chi connectivity index (χ0n) is 11.7. The molecule has 1 aromatic carbocycles. The fourth-order valence-electron chi connectivity index (χ4n) is 2.56. The van der Waals surface area contributed by atoms with Crippen molar-refractivity contribution in [2.45, 2.75) is 39.0 Å². The maximum Gasteiger partial charge on any atom is 0.119 e. The normalized spacial score (nSPS) is 17.4. The summed E-state index contributed by atoms with van der Waals surface area (Å²) in [4.78, 5) is 0. The molecule has 1 aliphatic carbocycles. The lowest BCUT2D eigenvalue weighted by molar-refractivity contribution is 0.173. The summed E-state index contributed by atoms with van der Waals surface area (Å²) >= 11 is 4.50. The average Bonchev–Trinajstić information content (AvgIpc) is 2.93. The lowest BCUT2D eigenvalue weighted by Crippen LogP contribution is -2.27. The quantitative estimate of drug-likeness (QED) is 0.749. The Bertz CT molecular complexity index is 369. The minimum atomic E-state index is 0.292. The Morgan fingerprint density at radius 1 is 1.05 bits per heavy atom. The van der Waals surface area contributed by atoms with E-state index < -0.39 is 0 Å². The molecular weight excluding hydrogens is 256 g/mol. The summed E-state index contributed by atoms with van der Waals surface area (Å²) in [5.74, 6) is 2.76. The standard InChI is InChI=1S/C16H24O2S/c1-2-11-17-14-5-7-15(8-6-14)18-12-16(13-19)9-3-4-10-16/h5-8,19H,2-4,9-13H2,1H3. The van der Waals surface area contributed by atoms with E-state index >= 15 is 0 Å². The van der Waals surface area contributed by atoms with Gasteiger partial charge in [-0.3, -0.25) is 0 Å². The molecule has 1 saturated carbocycles. The molecule has 2 nitrogen and oxygen atoms in total. The van der Waals surface area contributed by atoms with Crippen molar-refractivity contribution in [3.63, 3.8) is 0 Å². The smallest absolute Gasteiger partial charge is 0.119 e. The molecule has 0 amide bonds. The molecule has 0 radical (unpaired) electrons. The molecule has 0 saturated heterocycles. The van der Waals surface area contributed by atoms with Gasteiger partial charge in [-0.05, 0) is 49.3 Å². The van der Waals surface area contributed by atoms with Crippen LogP contribution in [0.5, 0.6) is 11.5 Å². The van der Waals surface area contributed by atoms with Crippen molar-refractivity contribution < 1.29 is 9.47 Å². The Hall–Kier alpha value is -0.830. The first kappa shape index (κ1) is 14.6. The van der Waals surface area contributed by atoms with Crippen LogP contribution < -0.4 is 9.47 Å². The number of benzene rings is 1. The first-order valence-electron chi connectivity index (χ1n) is 7.24. The van der Waals surface area contributed by atoms with Crippen molar-refractivity contribution >= 4 is 12.6 Å². The van der Waals surface area contributed by atoms with Crippen LogP contribution >= 0.6 is 12.6 Å². The van der Waals surface area contributed by atoms with Crippen LogP contribution in [-0.2, 0) is 0 Å². The molecule has 0 aliphatic heterocycles. The molecule has 0 spiro atoms. The minimum absolute atomic E-state index is 0.292. The maximum atomic E-state index is 5.94. The highest BCUT2D eigenvalue weighted by Crippen LogP contribution is 2.39. The lowest BCUT2D eigenvalue weighted by Gasteiger charge is -2.26. The molecule has 106 valence electrons. The SMILES string of the molecule is CCCOc1ccc(OCC2(CS)CCCC2)cc1. The van der Waals surface area contributed by atoms with Gasteiger partial charge in [-0.1, -0.05) is 19.8 Å². The molecule has 0 aromatic heterocycles. The Morgan fingerprint density at radius 2 is 1.63 bits per heavy atom. The van der Waals surface area contributed by atoms with Gasteiger partial charge in [0.15, 0.2) is 0 Å². The van der Waals surface area contributed by atoms with Gasteiger partial charge in [-0.15, -0.1) is 0 Å². The highest BCUT2D eigenvalue weighted by molar-refractivity contribution is 7.80. The number of rotatable bonds is 7. The Morgan fingerprint density at radius 3 is 2.16 bits per heavy atom. The summed E-state index contributed by atoms with van der Waals surface area (Å²) in [6, 6.07) is 7.94. The number of thiol groups is 1. The van der Waals surface area contributed by atoms with Gasteiger partial charge in [-0.25, -0.2) is 0 Å². The highest BCUT2D eigenvalue weighted by Gasteiger charge is 2.33. The van der Waals surface area contributed by atoms with Crippen molar-refractivity contribution in [2.75, 3.05) is 19.0 Å². The molecule has 0 N–H and O–H groups in total. The maximum absolute atomic E-state index is 5.94. The third-order valence-corrected chi connectivity index (χ3v) is 4.51. The molecule has 2 rings (SSSR count). The van der Waals surface area contributed by atoms with E-state index in [1.54, 1.807) is 0 Å². The summed E-state index contributed by atoms with van der Waals surface area (Å²) in [5.41, 5.74) is 0.292. The second kappa shape index (κ2) is 7.09. The summed E-state index contributed by atoms with van der Waals surface area (Å²) in [6.07, 6.45) is 6.15. The van der Waals surface area contributed by atoms with Gasteiger partial charge >= 0.3 is 0 Å². The third-order valence-electron chi connectivity index (χ3n) is 3.84. The van der Waals surface area contributed by atoms with Crippen molar-refractivity contribution in [3.8, 4) is 11.5 Å². The first-order chi connectivity index (χ1) is 9.28. The molecular formula is C16H24O2S. The van der Waals surface area contributed by atoms with Gasteiger partial charge < -0.3 is 9.47 Å². The van der Waals surface area contributed by atoms with E-state index in [2.05, 4.69) is 19.6 Å². The van der Waals surface area contributed by atoms with Gasteiger partial charge in [0.25, 0.3) is 0 Å². The zero-order chi connectivity index (χ0) is 13.6. The van der Waals surface area contributed by atoms with Crippen molar-refractivity contribution in [1.82, 2.24) is 0 Å². The van der Waals surface area contributed by atoms with Crippen LogP contribution in [0, 0.1) is 5.41 Å². The van der Waals surface area contributed by atoms with Gasteiger partial charge in [0, 0.05) is 5.41 Å². The van der Waals surface area contributed by atoms with Crippen LogP contribution in [0.2, 0.25) is 0 Å². The van der Waals surface area contributed by atoms with E-state index in [1.807, 2.05) is 24.3 Å². The van der Waals surface area contributed by atoms with Crippen LogP contribution in [0.4, 0.5) is 0 Å². The summed E-state index contributed by atoms with van der Waals surface area (Å²) < 4.78 is 11.5. The fourth-order valence-corrected chi connectivity index (χ4v) is 2.97. The number of hydrogen-bond acceptors (Lipinski definition) is 3. The molecule has 0 atom stereocenters. The predicted molar refractivity (Wildman–Crippen MR) is 82.5 cm³/mol. The van der Waals surface area contributed by atoms with E-state index in [1.165, 1.54) is 25.7 Å². The summed E-state index contributed by atoms with van der Waals surface area (Å²) in [6.45, 7) is 3.66. The largest absolute Gasteiger partial charge is 0.494 e. The molecule has 0 bridgehead atoms. The van der Waals surface area contributed by atoms with Crippen LogP contribution in [0.25, 0.3) is 0 Å². The highest BCUT2D eigenvalue weighted by atomic mass is 32.1. The van der Waals surface area contributed by atoms with Gasteiger partial charge in [-0.2, -0.15) is 12.6 Å². The Labute approximate surface area is 121 Å². The van der Waals surface area contributed by atoms with Crippen LogP contribution in [0.3, 0.4) is 0 Å². The van der Waals surface area contributed by atoms with Crippen molar-refractivity contribution in [3.05, 3.63) is 24.3 Å². The topological polar surface area (TPSA) is 18.5 Å². The first-order valence-corrected chi connectivity index (χ1v) is 7.88. The molecule has 0 unspecified atom stereocenters. The summed E-state index contributed by atoms with van der Waals surface area (Å²) in [7, 11) is 0. The van der Waals surface area contributed by atoms with E-state index in [4.69, 9.17) is 9.47 Å². The van der Waals surface area contributed by atoms with Gasteiger partial charge in [0.1, 0.15) is 11.5 Å². The minimum Gasteiger partial charge on any atom is -0.494 e. The predicted octanol–water partition coefficient (Wildman–Crippen LogP) is 4.34. The van der Waals surface area contributed by atoms with E-state index in [0.29, 0.717) is 5.41 Å². The molecule has 1 fully saturated rings.